The quantitative estimate of drug-likeness (QED) is 0.557. The van der Waals surface area contributed by atoms with Crippen LogP contribution < -0.4 is 0 Å². The zero-order valence-corrected chi connectivity index (χ0v) is 15.2. The summed E-state index contributed by atoms with van der Waals surface area (Å²) in [6.45, 7) is 2.90. The molecule has 2 amide bonds. The van der Waals surface area contributed by atoms with Gasteiger partial charge in [0.1, 0.15) is 0 Å². The van der Waals surface area contributed by atoms with Gasteiger partial charge in [0.15, 0.2) is 9.84 Å². The Morgan fingerprint density at radius 2 is 1.73 bits per heavy atom. The fourth-order valence-electron chi connectivity index (χ4n) is 2.52. The fraction of sp³-hybridized carbons (Fsp3) is 0.467. The van der Waals surface area contributed by atoms with Crippen LogP contribution in [0.15, 0.2) is 23.1 Å². The van der Waals surface area contributed by atoms with Crippen LogP contribution >= 0.6 is 0 Å². The van der Waals surface area contributed by atoms with E-state index in [1.807, 2.05) is 0 Å². The van der Waals surface area contributed by atoms with Crippen LogP contribution in [0.2, 0.25) is 0 Å². The summed E-state index contributed by atoms with van der Waals surface area (Å²) in [6.07, 6.45) is 0.452. The Bertz CT molecular complexity index is 830. The van der Waals surface area contributed by atoms with Crippen molar-refractivity contribution in [3.05, 3.63) is 33.9 Å². The lowest BCUT2D eigenvalue weighted by atomic mass is 10.1. The van der Waals surface area contributed by atoms with Gasteiger partial charge in [-0.1, -0.05) is 0 Å². The second-order valence-corrected chi connectivity index (χ2v) is 7.74. The van der Waals surface area contributed by atoms with Crippen LogP contribution in [0, 0.1) is 10.1 Å². The number of nitrogens with zero attached hydrogens (tertiary/aromatic N) is 3. The minimum atomic E-state index is -3.72. The number of sulfone groups is 1. The highest BCUT2D eigenvalue weighted by atomic mass is 32.2. The molecule has 0 spiro atoms. The van der Waals surface area contributed by atoms with E-state index in [1.165, 1.54) is 9.80 Å². The molecule has 1 saturated heterocycles. The predicted octanol–water partition coefficient (Wildman–Crippen LogP) is 0.913. The Morgan fingerprint density at radius 3 is 2.23 bits per heavy atom. The largest absolute Gasteiger partial charge is 0.450 e. The van der Waals surface area contributed by atoms with Crippen molar-refractivity contribution >= 4 is 27.5 Å². The summed E-state index contributed by atoms with van der Waals surface area (Å²) in [4.78, 5) is 37.2. The van der Waals surface area contributed by atoms with Crippen molar-refractivity contribution in [2.75, 3.05) is 39.0 Å². The number of hydrogen-bond acceptors (Lipinski definition) is 7. The van der Waals surface area contributed by atoms with E-state index in [4.69, 9.17) is 4.74 Å². The van der Waals surface area contributed by atoms with E-state index >= 15 is 0 Å². The van der Waals surface area contributed by atoms with Crippen LogP contribution in [0.25, 0.3) is 0 Å². The second-order valence-electron chi connectivity index (χ2n) is 5.72. The maximum atomic E-state index is 12.6. The molecule has 11 heteroatoms. The van der Waals surface area contributed by atoms with Gasteiger partial charge in [-0.2, -0.15) is 0 Å². The Labute approximate surface area is 150 Å². The van der Waals surface area contributed by atoms with Gasteiger partial charge < -0.3 is 14.5 Å². The van der Waals surface area contributed by atoms with E-state index < -0.39 is 32.4 Å². The van der Waals surface area contributed by atoms with Gasteiger partial charge in [0.2, 0.25) is 0 Å². The van der Waals surface area contributed by atoms with Crippen molar-refractivity contribution < 1.29 is 27.7 Å². The second kappa shape index (κ2) is 7.68. The Balaban J connectivity index is 2.21. The normalized spacial score (nSPS) is 14.8. The number of non-ortho nitro benzene ring substituents is 1. The minimum absolute atomic E-state index is 0.0794. The van der Waals surface area contributed by atoms with Crippen LogP contribution in [-0.4, -0.2) is 74.2 Å². The van der Waals surface area contributed by atoms with E-state index in [1.54, 1.807) is 6.92 Å². The van der Waals surface area contributed by atoms with Crippen molar-refractivity contribution in [3.63, 3.8) is 0 Å². The molecule has 142 valence electrons. The summed E-state index contributed by atoms with van der Waals surface area (Å²) >= 11 is 0. The Morgan fingerprint density at radius 1 is 1.15 bits per heavy atom. The third-order valence-corrected chi connectivity index (χ3v) is 4.96. The van der Waals surface area contributed by atoms with Crippen LogP contribution in [0.5, 0.6) is 0 Å². The number of nitro groups is 1. The van der Waals surface area contributed by atoms with Crippen LogP contribution in [0.3, 0.4) is 0 Å². The number of carbonyl (C=O) groups is 2. The van der Waals surface area contributed by atoms with E-state index in [0.717, 1.165) is 24.5 Å². The number of amides is 2. The molecule has 0 aromatic heterocycles. The lowest BCUT2D eigenvalue weighted by molar-refractivity contribution is -0.385. The highest BCUT2D eigenvalue weighted by molar-refractivity contribution is 7.90. The maximum absolute atomic E-state index is 12.6. The molecule has 0 bridgehead atoms. The molecule has 0 N–H and O–H groups in total. The summed E-state index contributed by atoms with van der Waals surface area (Å²) in [7, 11) is -3.72. The molecular weight excluding hydrogens is 366 g/mol. The molecule has 1 fully saturated rings. The van der Waals surface area contributed by atoms with E-state index in [-0.39, 0.29) is 43.2 Å². The molecule has 0 aliphatic carbocycles. The van der Waals surface area contributed by atoms with Gasteiger partial charge in [0.05, 0.1) is 16.4 Å². The highest BCUT2D eigenvalue weighted by Crippen LogP contribution is 2.22. The zero-order chi connectivity index (χ0) is 19.5. The number of nitro benzene ring substituents is 1. The number of ether oxygens (including phenoxy) is 1. The smallest absolute Gasteiger partial charge is 0.409 e. The first-order valence-electron chi connectivity index (χ1n) is 7.84. The fourth-order valence-corrected chi connectivity index (χ4v) is 3.19. The molecule has 1 aromatic carbocycles. The van der Waals surface area contributed by atoms with E-state index in [9.17, 15) is 28.1 Å². The molecule has 1 aliphatic rings. The van der Waals surface area contributed by atoms with Crippen molar-refractivity contribution in [2.24, 2.45) is 0 Å². The number of benzene rings is 1. The lowest BCUT2D eigenvalue weighted by Gasteiger charge is -2.34. The van der Waals surface area contributed by atoms with Crippen LogP contribution in [0.4, 0.5) is 10.5 Å². The number of piperazine rings is 1. The zero-order valence-electron chi connectivity index (χ0n) is 14.4. The predicted molar refractivity (Wildman–Crippen MR) is 90.7 cm³/mol. The van der Waals surface area contributed by atoms with Crippen molar-refractivity contribution in [1.29, 1.82) is 0 Å². The average molecular weight is 385 g/mol. The summed E-state index contributed by atoms with van der Waals surface area (Å²) < 4.78 is 28.4. The van der Waals surface area contributed by atoms with E-state index in [2.05, 4.69) is 0 Å². The van der Waals surface area contributed by atoms with Gasteiger partial charge in [0, 0.05) is 50.1 Å². The first-order chi connectivity index (χ1) is 12.1. The van der Waals surface area contributed by atoms with Gasteiger partial charge in [-0.05, 0) is 13.0 Å². The molecule has 0 atom stereocenters. The molecule has 1 aliphatic heterocycles. The van der Waals surface area contributed by atoms with Crippen LogP contribution in [0.1, 0.15) is 17.3 Å². The molecule has 1 aromatic rings. The molecule has 0 saturated carbocycles. The molecule has 26 heavy (non-hydrogen) atoms. The minimum Gasteiger partial charge on any atom is -0.450 e. The Kier molecular flexibility index (Phi) is 5.80. The monoisotopic (exact) mass is 385 g/mol. The summed E-state index contributed by atoms with van der Waals surface area (Å²) in [6, 6.07) is 3.10. The summed E-state index contributed by atoms with van der Waals surface area (Å²) in [5.74, 6) is -0.526. The standard InChI is InChI=1S/C15H19N3O7S/c1-3-25-15(20)17-6-4-16(5-7-17)14(19)11-8-12(18(21)22)10-13(9-11)26(2,23)24/h8-10H,3-7H2,1-2H3. The molecule has 2 rings (SSSR count). The van der Waals surface area contributed by atoms with Crippen molar-refractivity contribution in [2.45, 2.75) is 11.8 Å². The Hall–Kier alpha value is -2.69. The molecule has 1 heterocycles. The van der Waals surface area contributed by atoms with Crippen molar-refractivity contribution in [1.82, 2.24) is 9.80 Å². The maximum Gasteiger partial charge on any atom is 0.409 e. The molecule has 0 radical (unpaired) electrons. The first kappa shape index (κ1) is 19.6. The van der Waals surface area contributed by atoms with Gasteiger partial charge >= 0.3 is 6.09 Å². The van der Waals surface area contributed by atoms with Gasteiger partial charge in [-0.15, -0.1) is 0 Å². The summed E-state index contributed by atoms with van der Waals surface area (Å²) in [5, 5.41) is 11.0. The lowest BCUT2D eigenvalue weighted by Crippen LogP contribution is -2.50. The third kappa shape index (κ3) is 4.48. The molecule has 0 unspecified atom stereocenters. The van der Waals surface area contributed by atoms with Crippen LogP contribution in [-0.2, 0) is 14.6 Å². The highest BCUT2D eigenvalue weighted by Gasteiger charge is 2.27. The van der Waals surface area contributed by atoms with E-state index in [0.29, 0.717) is 0 Å². The third-order valence-electron chi connectivity index (χ3n) is 3.87. The van der Waals surface area contributed by atoms with Crippen molar-refractivity contribution in [3.8, 4) is 0 Å². The molecule has 10 nitrogen and oxygen atoms in total. The average Bonchev–Trinajstić information content (AvgIpc) is 2.60. The van der Waals surface area contributed by atoms with Gasteiger partial charge in [0.25, 0.3) is 11.6 Å². The number of carbonyl (C=O) groups excluding carboxylic acids is 2. The molecular formula is C15H19N3O7S. The number of hydrogen-bond donors (Lipinski definition) is 0. The topological polar surface area (TPSA) is 127 Å². The number of rotatable bonds is 4. The van der Waals surface area contributed by atoms with Gasteiger partial charge in [-0.3, -0.25) is 14.9 Å². The first-order valence-corrected chi connectivity index (χ1v) is 9.73. The SMILES string of the molecule is CCOC(=O)N1CCN(C(=O)c2cc([N+](=O)[O-])cc(S(C)(=O)=O)c2)CC1. The van der Waals surface area contributed by atoms with Gasteiger partial charge in [-0.25, -0.2) is 13.2 Å². The summed E-state index contributed by atoms with van der Waals surface area (Å²) in [5.41, 5.74) is -0.550.